The molecule has 0 saturated carbocycles. The maximum atomic E-state index is 12.5. The highest BCUT2D eigenvalue weighted by atomic mass is 32.2. The molecule has 6 nitrogen and oxygen atoms in total. The predicted molar refractivity (Wildman–Crippen MR) is 89.9 cm³/mol. The van der Waals surface area contributed by atoms with E-state index in [0.29, 0.717) is 11.0 Å². The highest BCUT2D eigenvalue weighted by molar-refractivity contribution is 8.00. The number of likely N-dealkylation sites (tertiary alicyclic amines) is 1. The van der Waals surface area contributed by atoms with Crippen LogP contribution in [0.3, 0.4) is 0 Å². The van der Waals surface area contributed by atoms with Crippen LogP contribution in [0.15, 0.2) is 29.6 Å². The van der Waals surface area contributed by atoms with E-state index in [2.05, 4.69) is 27.1 Å². The Balaban J connectivity index is 1.61. The number of aromatic nitrogens is 4. The number of carbonyl (C=O) groups is 1. The van der Waals surface area contributed by atoms with Crippen LogP contribution in [0, 0.1) is 5.92 Å². The fourth-order valence-corrected chi connectivity index (χ4v) is 3.42. The van der Waals surface area contributed by atoms with Crippen molar-refractivity contribution in [1.82, 2.24) is 25.1 Å². The van der Waals surface area contributed by atoms with E-state index in [9.17, 15) is 4.79 Å². The number of pyridine rings is 1. The minimum Gasteiger partial charge on any atom is -0.342 e. The summed E-state index contributed by atoms with van der Waals surface area (Å²) in [6.45, 7) is 5.88. The van der Waals surface area contributed by atoms with E-state index >= 15 is 0 Å². The van der Waals surface area contributed by atoms with Crippen molar-refractivity contribution in [3.05, 3.63) is 24.4 Å². The van der Waals surface area contributed by atoms with Crippen LogP contribution in [0.25, 0.3) is 11.5 Å². The average Bonchev–Trinajstić information content (AvgIpc) is 3.04. The zero-order valence-electron chi connectivity index (χ0n) is 13.4. The molecule has 23 heavy (non-hydrogen) atoms. The molecule has 3 heterocycles. The second-order valence-corrected chi connectivity index (χ2v) is 7.26. The van der Waals surface area contributed by atoms with Crippen molar-refractivity contribution in [2.45, 2.75) is 37.1 Å². The summed E-state index contributed by atoms with van der Waals surface area (Å²) < 4.78 is 0. The van der Waals surface area contributed by atoms with Crippen molar-refractivity contribution in [2.75, 3.05) is 13.1 Å². The molecule has 1 saturated heterocycles. The van der Waals surface area contributed by atoms with Gasteiger partial charge in [0.1, 0.15) is 5.69 Å². The molecule has 2 aromatic heterocycles. The van der Waals surface area contributed by atoms with Crippen LogP contribution in [0.2, 0.25) is 0 Å². The molecule has 0 radical (unpaired) electrons. The van der Waals surface area contributed by atoms with Gasteiger partial charge in [0.25, 0.3) is 0 Å². The number of aromatic amines is 1. The van der Waals surface area contributed by atoms with Gasteiger partial charge in [-0.1, -0.05) is 24.8 Å². The summed E-state index contributed by atoms with van der Waals surface area (Å²) in [6, 6.07) is 5.63. The number of amides is 1. The van der Waals surface area contributed by atoms with E-state index in [-0.39, 0.29) is 11.2 Å². The number of H-pyrrole nitrogens is 1. The first-order valence-corrected chi connectivity index (χ1v) is 8.80. The fraction of sp³-hybridized carbons (Fsp3) is 0.500. The van der Waals surface area contributed by atoms with Crippen LogP contribution in [0.5, 0.6) is 0 Å². The van der Waals surface area contributed by atoms with Gasteiger partial charge in [-0.15, -0.1) is 5.10 Å². The molecule has 1 aliphatic rings. The second kappa shape index (κ2) is 7.12. The first kappa shape index (κ1) is 16.0. The van der Waals surface area contributed by atoms with Crippen LogP contribution < -0.4 is 0 Å². The van der Waals surface area contributed by atoms with Crippen molar-refractivity contribution in [3.63, 3.8) is 0 Å². The number of piperidine rings is 1. The molecule has 3 rings (SSSR count). The molecule has 122 valence electrons. The van der Waals surface area contributed by atoms with Gasteiger partial charge in [0.15, 0.2) is 5.82 Å². The summed E-state index contributed by atoms with van der Waals surface area (Å²) in [5.41, 5.74) is 0.746. The van der Waals surface area contributed by atoms with E-state index in [1.807, 2.05) is 30.0 Å². The summed E-state index contributed by atoms with van der Waals surface area (Å²) >= 11 is 1.39. The highest BCUT2D eigenvalue weighted by Crippen LogP contribution is 2.25. The lowest BCUT2D eigenvalue weighted by atomic mass is 9.99. The molecule has 2 aromatic rings. The zero-order chi connectivity index (χ0) is 16.2. The van der Waals surface area contributed by atoms with Crippen LogP contribution >= 0.6 is 11.8 Å². The van der Waals surface area contributed by atoms with E-state index < -0.39 is 0 Å². The number of hydrogen-bond donors (Lipinski definition) is 1. The molecular formula is C16H21N5OS. The Morgan fingerprint density at radius 3 is 2.87 bits per heavy atom. The first-order valence-electron chi connectivity index (χ1n) is 7.92. The predicted octanol–water partition coefficient (Wildman–Crippen LogP) is 2.61. The van der Waals surface area contributed by atoms with Crippen LogP contribution in [-0.4, -0.2) is 49.3 Å². The summed E-state index contributed by atoms with van der Waals surface area (Å²) in [5.74, 6) is 1.52. The Morgan fingerprint density at radius 1 is 1.39 bits per heavy atom. The molecule has 1 unspecified atom stereocenters. The molecule has 1 amide bonds. The Labute approximate surface area is 140 Å². The lowest BCUT2D eigenvalue weighted by molar-refractivity contribution is -0.131. The Morgan fingerprint density at radius 2 is 2.17 bits per heavy atom. The maximum absolute atomic E-state index is 12.5. The number of carbonyl (C=O) groups excluding carboxylic acids is 1. The maximum Gasteiger partial charge on any atom is 0.235 e. The van der Waals surface area contributed by atoms with Gasteiger partial charge < -0.3 is 4.90 Å². The van der Waals surface area contributed by atoms with Gasteiger partial charge in [-0.05, 0) is 37.8 Å². The molecule has 7 heteroatoms. The van der Waals surface area contributed by atoms with Gasteiger partial charge in [0.2, 0.25) is 11.1 Å². The molecule has 1 atom stereocenters. The van der Waals surface area contributed by atoms with Crippen molar-refractivity contribution in [3.8, 4) is 11.5 Å². The average molecular weight is 331 g/mol. The molecule has 1 N–H and O–H groups in total. The number of thioether (sulfide) groups is 1. The van der Waals surface area contributed by atoms with Crippen molar-refractivity contribution in [1.29, 1.82) is 0 Å². The Hall–Kier alpha value is -1.89. The van der Waals surface area contributed by atoms with Gasteiger partial charge in [-0.25, -0.2) is 0 Å². The summed E-state index contributed by atoms with van der Waals surface area (Å²) in [7, 11) is 0. The van der Waals surface area contributed by atoms with Gasteiger partial charge in [-0.3, -0.25) is 14.9 Å². The van der Waals surface area contributed by atoms with Gasteiger partial charge in [0, 0.05) is 19.3 Å². The topological polar surface area (TPSA) is 74.8 Å². The first-order chi connectivity index (χ1) is 11.1. The van der Waals surface area contributed by atoms with Gasteiger partial charge in [0.05, 0.1) is 5.25 Å². The fourth-order valence-electron chi connectivity index (χ4n) is 2.61. The third-order valence-corrected chi connectivity index (χ3v) is 5.05. The second-order valence-electron chi connectivity index (χ2n) is 5.95. The number of hydrogen-bond acceptors (Lipinski definition) is 5. The monoisotopic (exact) mass is 331 g/mol. The lowest BCUT2D eigenvalue weighted by Crippen LogP contribution is -2.41. The van der Waals surface area contributed by atoms with E-state index in [0.717, 1.165) is 37.5 Å². The normalized spacial score (nSPS) is 17.2. The quantitative estimate of drug-likeness (QED) is 0.872. The number of nitrogens with one attached hydrogen (secondary N) is 1. The Bertz CT molecular complexity index is 652. The molecule has 1 aliphatic heterocycles. The molecular weight excluding hydrogens is 310 g/mol. The van der Waals surface area contributed by atoms with Crippen LogP contribution in [-0.2, 0) is 4.79 Å². The summed E-state index contributed by atoms with van der Waals surface area (Å²) in [5, 5.41) is 7.47. The van der Waals surface area contributed by atoms with Crippen molar-refractivity contribution in [2.24, 2.45) is 5.92 Å². The molecule has 1 fully saturated rings. The highest BCUT2D eigenvalue weighted by Gasteiger charge is 2.26. The molecule has 0 spiro atoms. The molecule has 0 aromatic carbocycles. The SMILES string of the molecule is CC1CCN(C(=O)C(C)Sc2n[nH]c(-c3ccccn3)n2)CC1. The van der Waals surface area contributed by atoms with Gasteiger partial charge >= 0.3 is 0 Å². The van der Waals surface area contributed by atoms with Crippen molar-refractivity contribution >= 4 is 17.7 Å². The number of rotatable bonds is 4. The minimum absolute atomic E-state index is 0.172. The van der Waals surface area contributed by atoms with Crippen molar-refractivity contribution < 1.29 is 4.79 Å². The standard InChI is InChI=1S/C16H21N5OS/c1-11-6-9-21(10-7-11)15(22)12(2)23-16-18-14(19-20-16)13-5-3-4-8-17-13/h3-5,8,11-12H,6-7,9-10H2,1-2H3,(H,18,19,20). The van der Waals surface area contributed by atoms with Crippen LogP contribution in [0.1, 0.15) is 26.7 Å². The van der Waals surface area contributed by atoms with E-state index in [1.54, 1.807) is 6.20 Å². The third-order valence-electron chi connectivity index (χ3n) is 4.10. The summed E-state index contributed by atoms with van der Waals surface area (Å²) in [6.07, 6.45) is 3.90. The zero-order valence-corrected chi connectivity index (χ0v) is 14.2. The number of nitrogens with zero attached hydrogens (tertiary/aromatic N) is 4. The third kappa shape index (κ3) is 3.90. The smallest absolute Gasteiger partial charge is 0.235 e. The molecule has 0 aliphatic carbocycles. The minimum atomic E-state index is -0.184. The lowest BCUT2D eigenvalue weighted by Gasteiger charge is -2.31. The summed E-state index contributed by atoms with van der Waals surface area (Å²) in [4.78, 5) is 23.1. The largest absolute Gasteiger partial charge is 0.342 e. The van der Waals surface area contributed by atoms with E-state index in [4.69, 9.17) is 0 Å². The molecule has 0 bridgehead atoms. The van der Waals surface area contributed by atoms with Gasteiger partial charge in [-0.2, -0.15) is 4.98 Å². The Kier molecular flexibility index (Phi) is 4.95. The van der Waals surface area contributed by atoms with Crippen LogP contribution in [0.4, 0.5) is 0 Å². The van der Waals surface area contributed by atoms with E-state index in [1.165, 1.54) is 11.8 Å².